The van der Waals surface area contributed by atoms with Crippen molar-refractivity contribution in [3.63, 3.8) is 0 Å². The van der Waals surface area contributed by atoms with Crippen LogP contribution in [0.1, 0.15) is 27.7 Å². The molecule has 4 heterocycles. The quantitative estimate of drug-likeness (QED) is 0.691. The van der Waals surface area contributed by atoms with Crippen LogP contribution in [-0.2, 0) is 18.9 Å². The van der Waals surface area contributed by atoms with Crippen molar-refractivity contribution in [1.29, 1.82) is 0 Å². The zero-order chi connectivity index (χ0) is 12.2. The zero-order valence-corrected chi connectivity index (χ0v) is 11.0. The van der Waals surface area contributed by atoms with Crippen LogP contribution in [0.2, 0.25) is 0 Å². The van der Waals surface area contributed by atoms with Gasteiger partial charge < -0.3 is 18.9 Å². The topological polar surface area (TPSA) is 50.1 Å². The molecule has 0 aromatic heterocycles. The second-order valence-corrected chi connectivity index (χ2v) is 6.83. The third kappa shape index (κ3) is 0.973. The molecule has 4 saturated heterocycles. The van der Waals surface area contributed by atoms with Crippen molar-refractivity contribution in [3.05, 3.63) is 0 Å². The van der Waals surface area contributed by atoms with Crippen LogP contribution in [0.3, 0.4) is 0 Å². The van der Waals surface area contributed by atoms with Crippen LogP contribution >= 0.6 is 0 Å². The van der Waals surface area contributed by atoms with E-state index in [1.54, 1.807) is 0 Å². The summed E-state index contributed by atoms with van der Waals surface area (Å²) in [5.74, 6) is 0. The van der Waals surface area contributed by atoms with Crippen LogP contribution in [0.25, 0.3) is 0 Å². The number of hydrogen-bond donors (Lipinski definition) is 0. The molecule has 96 valence electrons. The van der Waals surface area contributed by atoms with Gasteiger partial charge in [0.1, 0.15) is 22.4 Å². The molecule has 0 spiro atoms. The van der Waals surface area contributed by atoms with E-state index in [1.165, 1.54) is 0 Å². The lowest BCUT2D eigenvalue weighted by molar-refractivity contribution is -0.0931. The fourth-order valence-corrected chi connectivity index (χ4v) is 4.66. The van der Waals surface area contributed by atoms with Gasteiger partial charge in [0.2, 0.25) is 0 Å². The van der Waals surface area contributed by atoms with Gasteiger partial charge in [-0.2, -0.15) is 0 Å². The van der Waals surface area contributed by atoms with Gasteiger partial charge in [-0.3, -0.25) is 0 Å². The van der Waals surface area contributed by atoms with E-state index in [1.807, 2.05) is 0 Å². The number of ether oxygens (including phenoxy) is 4. The van der Waals surface area contributed by atoms with E-state index in [0.29, 0.717) is 0 Å². The molecule has 4 atom stereocenters. The molecule has 4 heteroatoms. The van der Waals surface area contributed by atoms with Gasteiger partial charge in [-0.15, -0.1) is 0 Å². The maximum Gasteiger partial charge on any atom is 0.103 e. The van der Waals surface area contributed by atoms with E-state index in [2.05, 4.69) is 27.7 Å². The first kappa shape index (κ1) is 10.7. The van der Waals surface area contributed by atoms with Crippen molar-refractivity contribution in [2.45, 2.75) is 50.1 Å². The molecular weight excluding hydrogens is 220 g/mol. The lowest BCUT2D eigenvalue weighted by Gasteiger charge is -2.47. The summed E-state index contributed by atoms with van der Waals surface area (Å²) in [7, 11) is 0. The molecular formula is C13H20O4. The summed E-state index contributed by atoms with van der Waals surface area (Å²) in [4.78, 5) is 0. The minimum absolute atomic E-state index is 0.172. The van der Waals surface area contributed by atoms with Gasteiger partial charge in [-0.1, -0.05) is 0 Å². The monoisotopic (exact) mass is 240 g/mol. The van der Waals surface area contributed by atoms with Gasteiger partial charge in [0, 0.05) is 0 Å². The van der Waals surface area contributed by atoms with Crippen molar-refractivity contribution in [1.82, 2.24) is 0 Å². The first-order chi connectivity index (χ1) is 7.83. The van der Waals surface area contributed by atoms with Crippen LogP contribution in [-0.4, -0.2) is 48.8 Å². The summed E-state index contributed by atoms with van der Waals surface area (Å²) in [5, 5.41) is 0. The highest BCUT2D eigenvalue weighted by atomic mass is 16.7. The molecule has 0 aromatic carbocycles. The van der Waals surface area contributed by atoms with Crippen LogP contribution in [0.5, 0.6) is 0 Å². The summed E-state index contributed by atoms with van der Waals surface area (Å²) in [6.07, 6.45) is 0. The Morgan fingerprint density at radius 1 is 0.588 bits per heavy atom. The number of epoxide rings is 4. The molecule has 4 nitrogen and oxygen atoms in total. The Kier molecular flexibility index (Phi) is 1.54. The maximum absolute atomic E-state index is 5.82. The Balaban J connectivity index is 1.91. The van der Waals surface area contributed by atoms with E-state index in [-0.39, 0.29) is 27.8 Å². The predicted octanol–water partition coefficient (Wildman–Crippen LogP) is 1.13. The van der Waals surface area contributed by atoms with Crippen molar-refractivity contribution in [3.8, 4) is 0 Å². The average molecular weight is 240 g/mol. The smallest absolute Gasteiger partial charge is 0.103 e. The number of hydrogen-bond acceptors (Lipinski definition) is 4. The summed E-state index contributed by atoms with van der Waals surface area (Å²) in [6.45, 7) is 11.8. The highest BCUT2D eigenvalue weighted by Crippen LogP contribution is 2.74. The number of rotatable bonds is 4. The average Bonchev–Trinajstić information content (AvgIpc) is 2.97. The van der Waals surface area contributed by atoms with E-state index < -0.39 is 0 Å². The summed E-state index contributed by atoms with van der Waals surface area (Å²) >= 11 is 0. The standard InChI is InChI=1S/C13H20O4/c1-9(5-14-9)13(10(2)6-15-10,11(3)7-16-11)12(4)8-17-12/h5-8H2,1-4H3. The second kappa shape index (κ2) is 2.44. The molecule has 4 aliphatic heterocycles. The van der Waals surface area contributed by atoms with Crippen LogP contribution in [0, 0.1) is 5.41 Å². The Morgan fingerprint density at radius 2 is 0.765 bits per heavy atom. The van der Waals surface area contributed by atoms with Gasteiger partial charge in [-0.25, -0.2) is 0 Å². The molecule has 0 aliphatic carbocycles. The Hall–Kier alpha value is -0.160. The third-order valence-electron chi connectivity index (χ3n) is 5.48. The maximum atomic E-state index is 5.82. The summed E-state index contributed by atoms with van der Waals surface area (Å²) in [5.41, 5.74) is -0.882. The molecule has 0 bridgehead atoms. The first-order valence-electron chi connectivity index (χ1n) is 6.39. The normalized spacial score (nSPS) is 62.8. The van der Waals surface area contributed by atoms with E-state index in [9.17, 15) is 0 Å². The van der Waals surface area contributed by atoms with Crippen LogP contribution < -0.4 is 0 Å². The first-order valence-corrected chi connectivity index (χ1v) is 6.39. The Morgan fingerprint density at radius 3 is 0.882 bits per heavy atom. The molecule has 0 saturated carbocycles. The van der Waals surface area contributed by atoms with Gasteiger partial charge in [0.05, 0.1) is 31.8 Å². The minimum atomic E-state index is -0.194. The summed E-state index contributed by atoms with van der Waals surface area (Å²) in [6, 6.07) is 0. The lowest BCUT2D eigenvalue weighted by Crippen LogP contribution is -2.64. The fraction of sp³-hybridized carbons (Fsp3) is 1.00. The molecule has 17 heavy (non-hydrogen) atoms. The van der Waals surface area contributed by atoms with Gasteiger partial charge in [0.25, 0.3) is 0 Å². The van der Waals surface area contributed by atoms with Crippen molar-refractivity contribution < 1.29 is 18.9 Å². The largest absolute Gasteiger partial charge is 0.369 e. The van der Waals surface area contributed by atoms with Gasteiger partial charge in [0.15, 0.2) is 0 Å². The van der Waals surface area contributed by atoms with Crippen molar-refractivity contribution in [2.24, 2.45) is 5.41 Å². The SMILES string of the molecule is CC1(C(C2(C)CO2)(C2(C)CO2)C2(C)CO2)CO1. The third-order valence-corrected chi connectivity index (χ3v) is 5.48. The second-order valence-electron chi connectivity index (χ2n) is 6.83. The molecule has 0 amide bonds. The van der Waals surface area contributed by atoms with E-state index >= 15 is 0 Å². The molecule has 0 N–H and O–H groups in total. The highest BCUT2D eigenvalue weighted by Gasteiger charge is 2.89. The Labute approximate surface area is 102 Å². The van der Waals surface area contributed by atoms with Crippen LogP contribution in [0.15, 0.2) is 0 Å². The van der Waals surface area contributed by atoms with E-state index in [4.69, 9.17) is 18.9 Å². The zero-order valence-electron chi connectivity index (χ0n) is 11.0. The molecule has 4 aliphatic rings. The van der Waals surface area contributed by atoms with Crippen molar-refractivity contribution >= 4 is 0 Å². The minimum Gasteiger partial charge on any atom is -0.369 e. The molecule has 0 aromatic rings. The summed E-state index contributed by atoms with van der Waals surface area (Å²) < 4.78 is 23.3. The molecule has 4 rings (SSSR count). The lowest BCUT2D eigenvalue weighted by atomic mass is 9.53. The van der Waals surface area contributed by atoms with Gasteiger partial charge >= 0.3 is 0 Å². The molecule has 0 radical (unpaired) electrons. The van der Waals surface area contributed by atoms with Gasteiger partial charge in [-0.05, 0) is 27.7 Å². The highest BCUT2D eigenvalue weighted by molar-refractivity contribution is 5.35. The van der Waals surface area contributed by atoms with Crippen LogP contribution in [0.4, 0.5) is 0 Å². The van der Waals surface area contributed by atoms with E-state index in [0.717, 1.165) is 26.4 Å². The molecule has 4 unspecified atom stereocenters. The predicted molar refractivity (Wildman–Crippen MR) is 59.9 cm³/mol. The molecule has 4 fully saturated rings. The Bertz CT molecular complexity index is 309. The fourth-order valence-electron chi connectivity index (χ4n) is 4.66. The van der Waals surface area contributed by atoms with Crippen molar-refractivity contribution in [2.75, 3.05) is 26.4 Å².